The van der Waals surface area contributed by atoms with E-state index in [1.807, 2.05) is 6.92 Å². The molecule has 0 unspecified atom stereocenters. The van der Waals surface area contributed by atoms with E-state index >= 15 is 0 Å². The molecule has 1 aromatic rings. The zero-order chi connectivity index (χ0) is 13.8. The number of ether oxygens (including phenoxy) is 1. The smallest absolute Gasteiger partial charge is 0.406 e. The number of carbonyl (C=O) groups excluding carboxylic acids is 1. The minimum atomic E-state index is -4.71. The van der Waals surface area contributed by atoms with Gasteiger partial charge in [-0.1, -0.05) is 13.3 Å². The summed E-state index contributed by atoms with van der Waals surface area (Å²) in [5, 5.41) is 2.57. The van der Waals surface area contributed by atoms with Gasteiger partial charge in [-0.15, -0.1) is 13.2 Å². The van der Waals surface area contributed by atoms with Crippen LogP contribution >= 0.6 is 0 Å². The lowest BCUT2D eigenvalue weighted by molar-refractivity contribution is -0.274. The highest BCUT2D eigenvalue weighted by molar-refractivity contribution is 5.89. The highest BCUT2D eigenvalue weighted by Gasteiger charge is 2.31. The van der Waals surface area contributed by atoms with Crippen molar-refractivity contribution in [2.75, 3.05) is 5.32 Å². The van der Waals surface area contributed by atoms with Crippen LogP contribution in [0.3, 0.4) is 0 Å². The van der Waals surface area contributed by atoms with Crippen LogP contribution in [-0.4, -0.2) is 12.3 Å². The van der Waals surface area contributed by atoms with E-state index in [1.165, 1.54) is 25.1 Å². The quantitative estimate of drug-likeness (QED) is 0.900. The number of carbonyl (C=O) groups is 1. The van der Waals surface area contributed by atoms with Crippen molar-refractivity contribution in [2.45, 2.75) is 33.1 Å². The highest BCUT2D eigenvalue weighted by Crippen LogP contribution is 2.28. The molecule has 0 saturated heterocycles. The second kappa shape index (κ2) is 5.75. The first kappa shape index (κ1) is 14.3. The van der Waals surface area contributed by atoms with Gasteiger partial charge in [0.15, 0.2) is 0 Å². The monoisotopic (exact) mass is 261 g/mol. The number of nitrogens with one attached hydrogen (secondary N) is 1. The Kier molecular flexibility index (Phi) is 4.58. The van der Waals surface area contributed by atoms with Crippen LogP contribution in [0.25, 0.3) is 0 Å². The number of anilines is 1. The molecule has 0 atom stereocenters. The van der Waals surface area contributed by atoms with Crippen LogP contribution < -0.4 is 10.1 Å². The van der Waals surface area contributed by atoms with Crippen LogP contribution in [0, 0.1) is 0 Å². The van der Waals surface area contributed by atoms with Gasteiger partial charge in [-0.05, 0) is 30.2 Å². The summed E-state index contributed by atoms with van der Waals surface area (Å²) in [6.07, 6.45) is -3.40. The molecule has 1 rings (SSSR count). The molecule has 100 valence electrons. The molecular formula is C12H14F3NO2. The molecule has 0 saturated carbocycles. The van der Waals surface area contributed by atoms with E-state index in [1.54, 1.807) is 0 Å². The van der Waals surface area contributed by atoms with Crippen LogP contribution in [0.2, 0.25) is 0 Å². The van der Waals surface area contributed by atoms with E-state index in [0.717, 1.165) is 6.42 Å². The van der Waals surface area contributed by atoms with E-state index in [9.17, 15) is 18.0 Å². The average Bonchev–Trinajstić information content (AvgIpc) is 2.19. The maximum atomic E-state index is 12.1. The van der Waals surface area contributed by atoms with Gasteiger partial charge in [0.2, 0.25) is 5.91 Å². The molecule has 0 aliphatic rings. The molecule has 0 aliphatic heterocycles. The summed E-state index contributed by atoms with van der Waals surface area (Å²) in [7, 11) is 0. The number of benzene rings is 1. The Balaban J connectivity index is 2.98. The molecule has 0 aromatic heterocycles. The molecule has 0 fully saturated rings. The summed E-state index contributed by atoms with van der Waals surface area (Å²) in [6.45, 7) is 3.24. The minimum Gasteiger partial charge on any atom is -0.406 e. The molecule has 1 amide bonds. The fraction of sp³-hybridized carbons (Fsp3) is 0.417. The van der Waals surface area contributed by atoms with Crippen LogP contribution in [-0.2, 0) is 11.2 Å². The fourth-order valence-electron chi connectivity index (χ4n) is 1.55. The SMILES string of the molecule is CCCc1cc(OC(F)(F)F)ccc1NC(C)=O. The molecule has 1 aromatic carbocycles. The van der Waals surface area contributed by atoms with Crippen molar-refractivity contribution in [1.82, 2.24) is 0 Å². The lowest BCUT2D eigenvalue weighted by Gasteiger charge is -2.13. The van der Waals surface area contributed by atoms with Crippen molar-refractivity contribution >= 4 is 11.6 Å². The first-order valence-corrected chi connectivity index (χ1v) is 5.48. The zero-order valence-corrected chi connectivity index (χ0v) is 10.1. The normalized spacial score (nSPS) is 11.2. The molecule has 1 N–H and O–H groups in total. The van der Waals surface area contributed by atoms with Crippen molar-refractivity contribution in [3.63, 3.8) is 0 Å². The number of alkyl halides is 3. The van der Waals surface area contributed by atoms with E-state index < -0.39 is 6.36 Å². The van der Waals surface area contributed by atoms with Crippen molar-refractivity contribution in [2.24, 2.45) is 0 Å². The van der Waals surface area contributed by atoms with Gasteiger partial charge in [-0.2, -0.15) is 0 Å². The Labute approximate surface area is 103 Å². The van der Waals surface area contributed by atoms with Gasteiger partial charge in [0.05, 0.1) is 0 Å². The Morgan fingerprint density at radius 2 is 2.06 bits per heavy atom. The van der Waals surface area contributed by atoms with Gasteiger partial charge >= 0.3 is 6.36 Å². The molecular weight excluding hydrogens is 247 g/mol. The molecule has 3 nitrogen and oxygen atoms in total. The zero-order valence-electron chi connectivity index (χ0n) is 10.1. The van der Waals surface area contributed by atoms with Crippen molar-refractivity contribution in [3.8, 4) is 5.75 Å². The number of amides is 1. The van der Waals surface area contributed by atoms with Gasteiger partial charge in [-0.25, -0.2) is 0 Å². The molecule has 18 heavy (non-hydrogen) atoms. The highest BCUT2D eigenvalue weighted by atomic mass is 19.4. The van der Waals surface area contributed by atoms with Gasteiger partial charge in [0, 0.05) is 12.6 Å². The second-order valence-corrected chi connectivity index (χ2v) is 3.80. The summed E-state index contributed by atoms with van der Waals surface area (Å²) >= 11 is 0. The van der Waals surface area contributed by atoms with Crippen LogP contribution in [0.1, 0.15) is 25.8 Å². The minimum absolute atomic E-state index is 0.267. The molecule has 0 radical (unpaired) electrons. The topological polar surface area (TPSA) is 38.3 Å². The fourth-order valence-corrected chi connectivity index (χ4v) is 1.55. The molecule has 0 bridgehead atoms. The number of aryl methyl sites for hydroxylation is 1. The maximum Gasteiger partial charge on any atom is 0.573 e. The molecule has 6 heteroatoms. The third-order valence-electron chi connectivity index (χ3n) is 2.14. The van der Waals surface area contributed by atoms with Crippen LogP contribution in [0.5, 0.6) is 5.75 Å². The van der Waals surface area contributed by atoms with Gasteiger partial charge < -0.3 is 10.1 Å². The van der Waals surface area contributed by atoms with E-state index in [4.69, 9.17) is 0 Å². The third kappa shape index (κ3) is 4.65. The van der Waals surface area contributed by atoms with Crippen molar-refractivity contribution < 1.29 is 22.7 Å². The number of rotatable bonds is 4. The Morgan fingerprint density at radius 1 is 1.39 bits per heavy atom. The second-order valence-electron chi connectivity index (χ2n) is 3.80. The van der Waals surface area contributed by atoms with E-state index in [0.29, 0.717) is 17.7 Å². The first-order valence-electron chi connectivity index (χ1n) is 5.48. The Bertz CT molecular complexity index is 430. The van der Waals surface area contributed by atoms with Crippen LogP contribution in [0.4, 0.5) is 18.9 Å². The molecule has 0 spiro atoms. The third-order valence-corrected chi connectivity index (χ3v) is 2.14. The summed E-state index contributed by atoms with van der Waals surface area (Å²) in [4.78, 5) is 11.0. The van der Waals surface area contributed by atoms with Crippen molar-refractivity contribution in [3.05, 3.63) is 23.8 Å². The number of hydrogen-bond donors (Lipinski definition) is 1. The standard InChI is InChI=1S/C12H14F3NO2/c1-3-4-9-7-10(18-12(13,14)15)5-6-11(9)16-8(2)17/h5-7H,3-4H2,1-2H3,(H,16,17). The summed E-state index contributed by atoms with van der Waals surface area (Å²) in [5.74, 6) is -0.545. The van der Waals surface area contributed by atoms with Gasteiger partial charge in [-0.3, -0.25) is 4.79 Å². The Morgan fingerprint density at radius 3 is 2.56 bits per heavy atom. The van der Waals surface area contributed by atoms with Crippen molar-refractivity contribution in [1.29, 1.82) is 0 Å². The van der Waals surface area contributed by atoms with E-state index in [2.05, 4.69) is 10.1 Å². The average molecular weight is 261 g/mol. The number of halogens is 3. The molecule has 0 heterocycles. The predicted molar refractivity (Wildman–Crippen MR) is 61.4 cm³/mol. The Hall–Kier alpha value is -1.72. The first-order chi connectivity index (χ1) is 8.31. The largest absolute Gasteiger partial charge is 0.573 e. The van der Waals surface area contributed by atoms with Gasteiger partial charge in [0.25, 0.3) is 0 Å². The summed E-state index contributed by atoms with van der Waals surface area (Å²) in [5.41, 5.74) is 1.13. The van der Waals surface area contributed by atoms with E-state index in [-0.39, 0.29) is 11.7 Å². The van der Waals surface area contributed by atoms with Gasteiger partial charge in [0.1, 0.15) is 5.75 Å². The summed E-state index contributed by atoms with van der Waals surface area (Å²) < 4.78 is 40.1. The maximum absolute atomic E-state index is 12.1. The number of hydrogen-bond acceptors (Lipinski definition) is 2. The molecule has 0 aliphatic carbocycles. The summed E-state index contributed by atoms with van der Waals surface area (Å²) in [6, 6.07) is 3.88. The van der Waals surface area contributed by atoms with Crippen LogP contribution in [0.15, 0.2) is 18.2 Å². The lowest BCUT2D eigenvalue weighted by Crippen LogP contribution is -2.17. The lowest BCUT2D eigenvalue weighted by atomic mass is 10.1. The predicted octanol–water partition coefficient (Wildman–Crippen LogP) is 3.50.